The Morgan fingerprint density at radius 3 is 3.05 bits per heavy atom. The maximum absolute atomic E-state index is 11.8. The summed E-state index contributed by atoms with van der Waals surface area (Å²) in [6, 6.07) is 8.71. The van der Waals surface area contributed by atoms with Crippen LogP contribution in [0.1, 0.15) is 23.1 Å². The lowest BCUT2D eigenvalue weighted by atomic mass is 10.1. The van der Waals surface area contributed by atoms with Gasteiger partial charge in [-0.2, -0.15) is 0 Å². The number of ketones is 1. The molecule has 0 spiro atoms. The smallest absolute Gasteiger partial charge is 0.268 e. The predicted molar refractivity (Wildman–Crippen MR) is 81.0 cm³/mol. The maximum atomic E-state index is 11.8. The minimum absolute atomic E-state index is 0.0216. The van der Waals surface area contributed by atoms with Gasteiger partial charge in [-0.05, 0) is 30.5 Å². The number of aromatic nitrogens is 2. The van der Waals surface area contributed by atoms with Gasteiger partial charge in [-0.1, -0.05) is 12.1 Å². The topological polar surface area (TPSA) is 72.0 Å². The van der Waals surface area contributed by atoms with E-state index in [1.807, 2.05) is 5.38 Å². The van der Waals surface area contributed by atoms with Gasteiger partial charge in [0.05, 0.1) is 5.52 Å². The van der Waals surface area contributed by atoms with Crippen molar-refractivity contribution in [3.63, 3.8) is 0 Å². The summed E-state index contributed by atoms with van der Waals surface area (Å²) < 4.78 is 6.19. The van der Waals surface area contributed by atoms with Crippen LogP contribution in [0.4, 0.5) is 0 Å². The van der Waals surface area contributed by atoms with Gasteiger partial charge in [0.25, 0.3) is 5.56 Å². The summed E-state index contributed by atoms with van der Waals surface area (Å²) in [5.74, 6) is 1.00. The highest BCUT2D eigenvalue weighted by atomic mass is 32.1. The number of nitrogens with zero attached hydrogens (tertiary/aromatic N) is 1. The SMILES string of the molecule is CC(=O)c1cccc(OCc2nc3ccsc3c(=O)[nH]2)c1. The highest BCUT2D eigenvalue weighted by Gasteiger charge is 2.06. The molecule has 0 saturated carbocycles. The number of hydrogen-bond acceptors (Lipinski definition) is 5. The molecule has 0 aliphatic heterocycles. The Morgan fingerprint density at radius 2 is 2.24 bits per heavy atom. The van der Waals surface area contributed by atoms with Crippen molar-refractivity contribution in [1.82, 2.24) is 9.97 Å². The van der Waals surface area contributed by atoms with E-state index >= 15 is 0 Å². The fourth-order valence-electron chi connectivity index (χ4n) is 1.95. The highest BCUT2D eigenvalue weighted by Crippen LogP contribution is 2.16. The molecule has 6 heteroatoms. The largest absolute Gasteiger partial charge is 0.486 e. The fourth-order valence-corrected chi connectivity index (χ4v) is 2.67. The lowest BCUT2D eigenvalue weighted by Gasteiger charge is -2.06. The van der Waals surface area contributed by atoms with Gasteiger partial charge < -0.3 is 9.72 Å². The van der Waals surface area contributed by atoms with E-state index in [9.17, 15) is 9.59 Å². The van der Waals surface area contributed by atoms with E-state index < -0.39 is 0 Å². The Labute approximate surface area is 124 Å². The Bertz CT molecular complexity index is 866. The van der Waals surface area contributed by atoms with E-state index in [1.54, 1.807) is 30.3 Å². The molecule has 5 nitrogen and oxygen atoms in total. The number of H-pyrrole nitrogens is 1. The minimum atomic E-state index is -0.161. The van der Waals surface area contributed by atoms with Crippen LogP contribution in [0.25, 0.3) is 10.2 Å². The van der Waals surface area contributed by atoms with Crippen molar-refractivity contribution in [2.75, 3.05) is 0 Å². The van der Waals surface area contributed by atoms with Gasteiger partial charge in [0, 0.05) is 5.56 Å². The maximum Gasteiger partial charge on any atom is 0.268 e. The average Bonchev–Trinajstić information content (AvgIpc) is 2.94. The van der Waals surface area contributed by atoms with Crippen LogP contribution in [0, 0.1) is 0 Å². The first-order chi connectivity index (χ1) is 10.1. The number of aromatic amines is 1. The van der Waals surface area contributed by atoms with Crippen molar-refractivity contribution in [2.45, 2.75) is 13.5 Å². The van der Waals surface area contributed by atoms with Crippen LogP contribution in [-0.4, -0.2) is 15.8 Å². The zero-order valence-electron chi connectivity index (χ0n) is 11.3. The van der Waals surface area contributed by atoms with E-state index in [-0.39, 0.29) is 17.9 Å². The van der Waals surface area contributed by atoms with Crippen molar-refractivity contribution in [3.8, 4) is 5.75 Å². The zero-order chi connectivity index (χ0) is 14.8. The van der Waals surface area contributed by atoms with Crippen molar-refractivity contribution in [2.24, 2.45) is 0 Å². The van der Waals surface area contributed by atoms with E-state index in [0.717, 1.165) is 0 Å². The molecule has 0 radical (unpaired) electrons. The fraction of sp³-hybridized carbons (Fsp3) is 0.133. The Morgan fingerprint density at radius 1 is 1.38 bits per heavy atom. The number of carbonyl (C=O) groups excluding carboxylic acids is 1. The van der Waals surface area contributed by atoms with Crippen molar-refractivity contribution in [3.05, 3.63) is 57.5 Å². The summed E-state index contributed by atoms with van der Waals surface area (Å²) in [5, 5.41) is 1.83. The number of carbonyl (C=O) groups is 1. The predicted octanol–water partition coefficient (Wildman–Crippen LogP) is 2.77. The van der Waals surface area contributed by atoms with Crippen LogP contribution in [0.15, 0.2) is 40.5 Å². The van der Waals surface area contributed by atoms with Gasteiger partial charge in [-0.25, -0.2) is 4.98 Å². The molecule has 0 bridgehead atoms. The lowest BCUT2D eigenvalue weighted by molar-refractivity contribution is 0.101. The molecule has 106 valence electrons. The second-order valence-corrected chi connectivity index (χ2v) is 5.44. The molecule has 3 aromatic rings. The quantitative estimate of drug-likeness (QED) is 0.752. The van der Waals surface area contributed by atoms with Gasteiger partial charge in [0.15, 0.2) is 5.78 Å². The molecule has 3 rings (SSSR count). The van der Waals surface area contributed by atoms with Crippen LogP contribution in [-0.2, 0) is 6.61 Å². The number of fused-ring (bicyclic) bond motifs is 1. The zero-order valence-corrected chi connectivity index (χ0v) is 12.1. The van der Waals surface area contributed by atoms with Crippen molar-refractivity contribution >= 4 is 27.3 Å². The van der Waals surface area contributed by atoms with Gasteiger partial charge in [0.2, 0.25) is 0 Å². The molecule has 1 aromatic carbocycles. The van der Waals surface area contributed by atoms with Crippen LogP contribution in [0.3, 0.4) is 0 Å². The minimum Gasteiger partial charge on any atom is -0.486 e. The van der Waals surface area contributed by atoms with Crippen LogP contribution < -0.4 is 10.3 Å². The first-order valence-corrected chi connectivity index (χ1v) is 7.21. The first-order valence-electron chi connectivity index (χ1n) is 6.34. The van der Waals surface area contributed by atoms with E-state index in [0.29, 0.717) is 27.4 Å². The molecule has 0 atom stereocenters. The number of benzene rings is 1. The Hall–Kier alpha value is -2.47. The molecule has 0 aliphatic carbocycles. The molecule has 21 heavy (non-hydrogen) atoms. The van der Waals surface area contributed by atoms with Gasteiger partial charge in [-0.15, -0.1) is 11.3 Å². The monoisotopic (exact) mass is 300 g/mol. The van der Waals surface area contributed by atoms with Crippen LogP contribution >= 0.6 is 11.3 Å². The normalized spacial score (nSPS) is 10.7. The summed E-state index contributed by atoms with van der Waals surface area (Å²) in [5.41, 5.74) is 1.09. The molecule has 0 unspecified atom stereocenters. The third kappa shape index (κ3) is 2.85. The molecule has 0 fully saturated rings. The second kappa shape index (κ2) is 5.49. The summed E-state index contributed by atoms with van der Waals surface area (Å²) in [6.45, 7) is 1.64. The third-order valence-electron chi connectivity index (χ3n) is 2.98. The molecular formula is C15H12N2O3S. The van der Waals surface area contributed by atoms with E-state index in [2.05, 4.69) is 9.97 Å². The number of nitrogens with one attached hydrogen (secondary N) is 1. The molecule has 2 aromatic heterocycles. The molecule has 0 saturated heterocycles. The molecule has 0 amide bonds. The standard InChI is InChI=1S/C15H12N2O3S/c1-9(18)10-3-2-4-11(7-10)20-8-13-16-12-5-6-21-14(12)15(19)17-13/h2-7H,8H2,1H3,(H,16,17,19). The summed E-state index contributed by atoms with van der Waals surface area (Å²) in [7, 11) is 0. The van der Waals surface area contributed by atoms with Crippen molar-refractivity contribution in [1.29, 1.82) is 0 Å². The first kappa shape index (κ1) is 13.5. The molecule has 2 heterocycles. The lowest BCUT2D eigenvalue weighted by Crippen LogP contribution is -2.12. The molecule has 0 aliphatic rings. The number of thiophene rings is 1. The number of Topliss-reactive ketones (excluding diaryl/α,β-unsaturated/α-hetero) is 1. The Balaban J connectivity index is 1.81. The third-order valence-corrected chi connectivity index (χ3v) is 3.88. The molecule has 1 N–H and O–H groups in total. The van der Waals surface area contributed by atoms with Gasteiger partial charge in [-0.3, -0.25) is 9.59 Å². The summed E-state index contributed by atoms with van der Waals surface area (Å²) >= 11 is 1.36. The average molecular weight is 300 g/mol. The Kier molecular flexibility index (Phi) is 3.53. The number of ether oxygens (including phenoxy) is 1. The van der Waals surface area contributed by atoms with E-state index in [1.165, 1.54) is 18.3 Å². The van der Waals surface area contributed by atoms with Crippen LogP contribution in [0.5, 0.6) is 5.75 Å². The molecular weight excluding hydrogens is 288 g/mol. The summed E-state index contributed by atoms with van der Waals surface area (Å²) in [6.07, 6.45) is 0. The summed E-state index contributed by atoms with van der Waals surface area (Å²) in [4.78, 5) is 30.2. The highest BCUT2D eigenvalue weighted by molar-refractivity contribution is 7.17. The van der Waals surface area contributed by atoms with Gasteiger partial charge >= 0.3 is 0 Å². The second-order valence-electron chi connectivity index (χ2n) is 4.52. The van der Waals surface area contributed by atoms with E-state index in [4.69, 9.17) is 4.74 Å². The number of hydrogen-bond donors (Lipinski definition) is 1. The number of rotatable bonds is 4. The van der Waals surface area contributed by atoms with Gasteiger partial charge in [0.1, 0.15) is 22.9 Å². The van der Waals surface area contributed by atoms with Crippen LogP contribution in [0.2, 0.25) is 0 Å². The van der Waals surface area contributed by atoms with Crippen molar-refractivity contribution < 1.29 is 9.53 Å².